The molecule has 3 aromatic carbocycles. The van der Waals surface area contributed by atoms with Gasteiger partial charge in [-0.25, -0.2) is 8.42 Å². The molecule has 2 atom stereocenters. The van der Waals surface area contributed by atoms with Crippen molar-refractivity contribution in [3.8, 4) is 0 Å². The van der Waals surface area contributed by atoms with Crippen LogP contribution in [0.1, 0.15) is 36.2 Å². The summed E-state index contributed by atoms with van der Waals surface area (Å²) >= 11 is 7.55. The van der Waals surface area contributed by atoms with Gasteiger partial charge in [-0.2, -0.15) is 4.31 Å². The molecule has 5 nitrogen and oxygen atoms in total. The van der Waals surface area contributed by atoms with Crippen LogP contribution in [0.5, 0.6) is 0 Å². The zero-order chi connectivity index (χ0) is 25.7. The highest BCUT2D eigenvalue weighted by molar-refractivity contribution is 7.99. The summed E-state index contributed by atoms with van der Waals surface area (Å²) in [5, 5.41) is 3.57. The molecule has 1 fully saturated rings. The summed E-state index contributed by atoms with van der Waals surface area (Å²) in [6.07, 6.45) is 1.70. The van der Waals surface area contributed by atoms with Gasteiger partial charge in [-0.3, -0.25) is 4.79 Å². The SMILES string of the molecule is C[C@@H]1C[C@@H](C)CN(S(=O)(=O)c2ccc(Sc3cccc(Cl)c3)c(C(=O)NCCc3ccccc3)c2)C1. The van der Waals surface area contributed by atoms with Crippen molar-refractivity contribution in [2.45, 2.75) is 41.4 Å². The Bertz CT molecular complexity index is 1310. The fourth-order valence-electron chi connectivity index (χ4n) is 4.60. The number of carbonyl (C=O) groups excluding carboxylic acids is 1. The lowest BCUT2D eigenvalue weighted by atomic mass is 9.94. The molecular formula is C28H31ClN2O3S2. The molecule has 190 valence electrons. The van der Waals surface area contributed by atoms with Crippen LogP contribution >= 0.6 is 23.4 Å². The van der Waals surface area contributed by atoms with Crippen LogP contribution in [-0.2, 0) is 16.4 Å². The second kappa shape index (κ2) is 11.8. The number of sulfonamides is 1. The lowest BCUT2D eigenvalue weighted by molar-refractivity contribution is 0.0951. The molecule has 0 bridgehead atoms. The van der Waals surface area contributed by atoms with Crippen LogP contribution in [0.3, 0.4) is 0 Å². The molecule has 1 aliphatic heterocycles. The van der Waals surface area contributed by atoms with E-state index in [1.807, 2.05) is 48.5 Å². The Morgan fingerprint density at radius 2 is 1.72 bits per heavy atom. The van der Waals surface area contributed by atoms with Gasteiger partial charge in [0.2, 0.25) is 10.0 Å². The third kappa shape index (κ3) is 6.71. The van der Waals surface area contributed by atoms with E-state index in [-0.39, 0.29) is 10.8 Å². The summed E-state index contributed by atoms with van der Waals surface area (Å²) in [6.45, 7) is 5.58. The summed E-state index contributed by atoms with van der Waals surface area (Å²) in [7, 11) is -3.72. The van der Waals surface area contributed by atoms with Crippen LogP contribution in [0.4, 0.5) is 0 Å². The van der Waals surface area contributed by atoms with E-state index in [2.05, 4.69) is 19.2 Å². The van der Waals surface area contributed by atoms with E-state index < -0.39 is 10.0 Å². The van der Waals surface area contributed by atoms with Gasteiger partial charge in [0.1, 0.15) is 0 Å². The maximum absolute atomic E-state index is 13.5. The highest BCUT2D eigenvalue weighted by Gasteiger charge is 2.32. The number of piperidine rings is 1. The molecule has 1 saturated heterocycles. The maximum atomic E-state index is 13.5. The minimum atomic E-state index is -3.72. The van der Waals surface area contributed by atoms with Gasteiger partial charge >= 0.3 is 0 Å². The number of rotatable bonds is 8. The Labute approximate surface area is 223 Å². The Morgan fingerprint density at radius 3 is 2.42 bits per heavy atom. The van der Waals surface area contributed by atoms with Crippen molar-refractivity contribution in [1.82, 2.24) is 9.62 Å². The molecule has 1 aliphatic rings. The first-order valence-corrected chi connectivity index (χ1v) is 14.8. The lowest BCUT2D eigenvalue weighted by Gasteiger charge is -2.34. The van der Waals surface area contributed by atoms with Crippen LogP contribution in [-0.4, -0.2) is 38.3 Å². The third-order valence-corrected chi connectivity index (χ3v) is 9.36. The van der Waals surface area contributed by atoms with E-state index in [9.17, 15) is 13.2 Å². The predicted molar refractivity (Wildman–Crippen MR) is 146 cm³/mol. The molecule has 0 spiro atoms. The number of hydrogen-bond donors (Lipinski definition) is 1. The van der Waals surface area contributed by atoms with Crippen LogP contribution in [0, 0.1) is 11.8 Å². The predicted octanol–water partition coefficient (Wildman–Crippen LogP) is 6.13. The smallest absolute Gasteiger partial charge is 0.252 e. The van der Waals surface area contributed by atoms with E-state index in [1.165, 1.54) is 17.8 Å². The summed E-state index contributed by atoms with van der Waals surface area (Å²) in [6, 6.07) is 22.1. The largest absolute Gasteiger partial charge is 0.352 e. The molecule has 0 saturated carbocycles. The van der Waals surface area contributed by atoms with Crippen molar-refractivity contribution in [2.75, 3.05) is 19.6 Å². The summed E-state index contributed by atoms with van der Waals surface area (Å²) in [4.78, 5) is 15.0. The number of nitrogens with zero attached hydrogens (tertiary/aromatic N) is 1. The van der Waals surface area contributed by atoms with Crippen LogP contribution in [0.2, 0.25) is 5.02 Å². The molecule has 3 aromatic rings. The molecule has 0 aliphatic carbocycles. The first kappa shape index (κ1) is 26.7. The van der Waals surface area contributed by atoms with E-state index in [1.54, 1.807) is 22.5 Å². The Morgan fingerprint density at radius 1 is 1.00 bits per heavy atom. The van der Waals surface area contributed by atoms with Gasteiger partial charge in [-0.15, -0.1) is 0 Å². The number of benzene rings is 3. The average molecular weight is 543 g/mol. The highest BCUT2D eigenvalue weighted by Crippen LogP contribution is 2.34. The molecule has 1 heterocycles. The van der Waals surface area contributed by atoms with Gasteiger partial charge in [0, 0.05) is 34.4 Å². The molecule has 4 rings (SSSR count). The Hall–Kier alpha value is -2.32. The number of nitrogens with one attached hydrogen (secondary N) is 1. The number of carbonyl (C=O) groups is 1. The van der Waals surface area contributed by atoms with Crippen molar-refractivity contribution in [3.63, 3.8) is 0 Å². The second-order valence-electron chi connectivity index (χ2n) is 9.48. The quantitative estimate of drug-likeness (QED) is 0.372. The topological polar surface area (TPSA) is 66.5 Å². The monoisotopic (exact) mass is 542 g/mol. The van der Waals surface area contributed by atoms with Gasteiger partial charge in [0.15, 0.2) is 0 Å². The van der Waals surface area contributed by atoms with Crippen molar-refractivity contribution in [1.29, 1.82) is 0 Å². The first-order valence-electron chi connectivity index (χ1n) is 12.1. The molecule has 1 N–H and O–H groups in total. The number of hydrogen-bond acceptors (Lipinski definition) is 4. The van der Waals surface area contributed by atoms with E-state index in [0.29, 0.717) is 53.4 Å². The molecule has 0 unspecified atom stereocenters. The minimum absolute atomic E-state index is 0.146. The molecule has 8 heteroatoms. The van der Waals surface area contributed by atoms with Gasteiger partial charge in [-0.1, -0.05) is 73.6 Å². The standard InChI is InChI=1S/C28H31ClN2O3S2/c1-20-15-21(2)19-31(18-20)36(33,34)25-11-12-27(35-24-10-6-9-23(29)16-24)26(17-25)28(32)30-14-13-22-7-4-3-5-8-22/h3-12,16-17,20-21H,13-15,18-19H2,1-2H3,(H,30,32)/t20-,21-/m1/s1. The highest BCUT2D eigenvalue weighted by atomic mass is 35.5. The fourth-order valence-corrected chi connectivity index (χ4v) is 7.55. The maximum Gasteiger partial charge on any atom is 0.252 e. The van der Waals surface area contributed by atoms with Gasteiger partial charge < -0.3 is 5.32 Å². The molecule has 0 aromatic heterocycles. The molecule has 1 amide bonds. The normalized spacial score (nSPS) is 18.6. The van der Waals surface area contributed by atoms with Crippen molar-refractivity contribution < 1.29 is 13.2 Å². The average Bonchev–Trinajstić information content (AvgIpc) is 2.84. The molecule has 0 radical (unpaired) electrons. The lowest BCUT2D eigenvalue weighted by Crippen LogP contribution is -2.42. The summed E-state index contributed by atoms with van der Waals surface area (Å²) < 4.78 is 28.6. The number of halogens is 1. The first-order chi connectivity index (χ1) is 17.2. The van der Waals surface area contributed by atoms with Gasteiger partial charge in [0.25, 0.3) is 5.91 Å². The van der Waals surface area contributed by atoms with Crippen LogP contribution in [0.25, 0.3) is 0 Å². The van der Waals surface area contributed by atoms with E-state index in [4.69, 9.17) is 11.6 Å². The Balaban J connectivity index is 1.62. The minimum Gasteiger partial charge on any atom is -0.352 e. The second-order valence-corrected chi connectivity index (χ2v) is 13.0. The fraction of sp³-hybridized carbons (Fsp3) is 0.321. The van der Waals surface area contributed by atoms with Gasteiger partial charge in [-0.05, 0) is 66.6 Å². The zero-order valence-electron chi connectivity index (χ0n) is 20.5. The van der Waals surface area contributed by atoms with Crippen molar-refractivity contribution >= 4 is 39.3 Å². The van der Waals surface area contributed by atoms with Crippen molar-refractivity contribution in [2.24, 2.45) is 11.8 Å². The van der Waals surface area contributed by atoms with E-state index >= 15 is 0 Å². The van der Waals surface area contributed by atoms with Crippen molar-refractivity contribution in [3.05, 3.63) is 88.9 Å². The molecule has 36 heavy (non-hydrogen) atoms. The molecular weight excluding hydrogens is 512 g/mol. The Kier molecular flexibility index (Phi) is 8.78. The summed E-state index contributed by atoms with van der Waals surface area (Å²) in [5.74, 6) is 0.289. The summed E-state index contributed by atoms with van der Waals surface area (Å²) in [5.41, 5.74) is 1.46. The zero-order valence-corrected chi connectivity index (χ0v) is 22.9. The third-order valence-electron chi connectivity index (χ3n) is 6.23. The van der Waals surface area contributed by atoms with Crippen LogP contribution in [0.15, 0.2) is 87.5 Å². The van der Waals surface area contributed by atoms with Crippen LogP contribution < -0.4 is 5.32 Å². The van der Waals surface area contributed by atoms with Gasteiger partial charge in [0.05, 0.1) is 10.5 Å². The van der Waals surface area contributed by atoms with E-state index in [0.717, 1.165) is 16.9 Å². The number of amides is 1.